The first-order valence-electron chi connectivity index (χ1n) is 6.17. The van der Waals surface area contributed by atoms with Crippen molar-refractivity contribution in [2.45, 2.75) is 25.3 Å². The molecular weight excluding hydrogens is 262 g/mol. The molecule has 0 saturated carbocycles. The van der Waals surface area contributed by atoms with Crippen molar-refractivity contribution in [3.8, 4) is 0 Å². The summed E-state index contributed by atoms with van der Waals surface area (Å²) in [6, 6.07) is 4.87. The van der Waals surface area contributed by atoms with Crippen molar-refractivity contribution in [3.05, 3.63) is 50.1 Å². The molecule has 2 N–H and O–H groups in total. The van der Waals surface area contributed by atoms with Gasteiger partial charge in [0.25, 0.3) is 11.5 Å². The summed E-state index contributed by atoms with van der Waals surface area (Å²) < 4.78 is 0. The lowest BCUT2D eigenvalue weighted by atomic mass is 9.94. The van der Waals surface area contributed by atoms with E-state index in [-0.39, 0.29) is 23.2 Å². The Morgan fingerprint density at radius 3 is 3.11 bits per heavy atom. The van der Waals surface area contributed by atoms with Crippen LogP contribution < -0.4 is 10.9 Å². The van der Waals surface area contributed by atoms with Crippen molar-refractivity contribution in [2.75, 3.05) is 0 Å². The van der Waals surface area contributed by atoms with Crippen molar-refractivity contribution in [1.82, 2.24) is 15.5 Å². The van der Waals surface area contributed by atoms with E-state index in [1.807, 2.05) is 0 Å². The van der Waals surface area contributed by atoms with Crippen LogP contribution in [0, 0.1) is 0 Å². The van der Waals surface area contributed by atoms with Gasteiger partial charge in [0.2, 0.25) is 0 Å². The number of carbonyl (C=O) groups is 1. The number of fused-ring (bicyclic) bond motifs is 1. The summed E-state index contributed by atoms with van der Waals surface area (Å²) in [5, 5.41) is 11.1. The molecule has 19 heavy (non-hydrogen) atoms. The number of H-pyrrole nitrogens is 1. The molecule has 0 saturated heterocycles. The molecule has 3 rings (SSSR count). The van der Waals surface area contributed by atoms with Gasteiger partial charge in [-0.05, 0) is 42.3 Å². The number of rotatable bonds is 2. The van der Waals surface area contributed by atoms with Gasteiger partial charge in [-0.25, -0.2) is 5.10 Å². The first-order chi connectivity index (χ1) is 9.24. The molecule has 0 radical (unpaired) electrons. The molecule has 2 heterocycles. The minimum Gasteiger partial charge on any atom is -0.344 e. The van der Waals surface area contributed by atoms with Gasteiger partial charge >= 0.3 is 0 Å². The van der Waals surface area contributed by atoms with E-state index in [0.717, 1.165) is 19.3 Å². The van der Waals surface area contributed by atoms with E-state index in [4.69, 9.17) is 0 Å². The maximum Gasteiger partial charge on any atom is 0.272 e. The SMILES string of the molecule is O=C(NC1CCCc2sccc21)c1ccc(=O)[nH]n1. The number of hydrogen-bond acceptors (Lipinski definition) is 4. The highest BCUT2D eigenvalue weighted by Crippen LogP contribution is 2.33. The molecule has 1 aliphatic carbocycles. The van der Waals surface area contributed by atoms with Crippen LogP contribution in [-0.2, 0) is 6.42 Å². The average Bonchev–Trinajstić information content (AvgIpc) is 2.89. The smallest absolute Gasteiger partial charge is 0.272 e. The van der Waals surface area contributed by atoms with E-state index < -0.39 is 0 Å². The maximum atomic E-state index is 12.1. The van der Waals surface area contributed by atoms with E-state index in [0.29, 0.717) is 0 Å². The normalized spacial score (nSPS) is 17.8. The largest absolute Gasteiger partial charge is 0.344 e. The first kappa shape index (κ1) is 12.1. The molecule has 2 aromatic rings. The number of hydrogen-bond donors (Lipinski definition) is 2. The number of carbonyl (C=O) groups excluding carboxylic acids is 1. The van der Waals surface area contributed by atoms with Crippen LogP contribution in [0.1, 0.15) is 39.8 Å². The van der Waals surface area contributed by atoms with Gasteiger partial charge in [-0.1, -0.05) is 0 Å². The summed E-state index contributed by atoms with van der Waals surface area (Å²) in [5.41, 5.74) is 1.14. The van der Waals surface area contributed by atoms with Gasteiger partial charge in [0, 0.05) is 10.9 Å². The topological polar surface area (TPSA) is 74.8 Å². The molecule has 1 aliphatic rings. The quantitative estimate of drug-likeness (QED) is 0.875. The zero-order valence-corrected chi connectivity index (χ0v) is 11.0. The van der Waals surface area contributed by atoms with Crippen LogP contribution in [0.25, 0.3) is 0 Å². The number of nitrogens with one attached hydrogen (secondary N) is 2. The second-order valence-electron chi connectivity index (χ2n) is 4.52. The van der Waals surface area contributed by atoms with Crippen LogP contribution in [0.5, 0.6) is 0 Å². The minimum absolute atomic E-state index is 0.0521. The Balaban J connectivity index is 1.78. The van der Waals surface area contributed by atoms with Crippen molar-refractivity contribution < 1.29 is 4.79 Å². The van der Waals surface area contributed by atoms with Crippen LogP contribution in [0.2, 0.25) is 0 Å². The summed E-state index contributed by atoms with van der Waals surface area (Å²) >= 11 is 1.74. The number of nitrogens with zero attached hydrogens (tertiary/aromatic N) is 1. The predicted molar refractivity (Wildman–Crippen MR) is 72.3 cm³/mol. The highest BCUT2D eigenvalue weighted by Gasteiger charge is 2.23. The lowest BCUT2D eigenvalue weighted by Gasteiger charge is -2.23. The molecule has 6 heteroatoms. The Hall–Kier alpha value is -1.95. The zero-order chi connectivity index (χ0) is 13.2. The number of thiophene rings is 1. The number of aromatic nitrogens is 2. The van der Waals surface area contributed by atoms with E-state index >= 15 is 0 Å². The van der Waals surface area contributed by atoms with Gasteiger partial charge in [-0.15, -0.1) is 11.3 Å². The Morgan fingerprint density at radius 1 is 1.42 bits per heavy atom. The molecule has 0 aromatic carbocycles. The van der Waals surface area contributed by atoms with Crippen LogP contribution in [-0.4, -0.2) is 16.1 Å². The third kappa shape index (κ3) is 2.44. The fourth-order valence-corrected chi connectivity index (χ4v) is 3.33. The Labute approximate surface area is 113 Å². The van der Waals surface area contributed by atoms with Crippen LogP contribution in [0.15, 0.2) is 28.4 Å². The summed E-state index contributed by atoms with van der Waals surface area (Å²) in [6.45, 7) is 0. The second kappa shape index (κ2) is 4.97. The fourth-order valence-electron chi connectivity index (χ4n) is 2.34. The monoisotopic (exact) mass is 275 g/mol. The summed E-state index contributed by atoms with van der Waals surface area (Å²) in [6.07, 6.45) is 3.12. The van der Waals surface area contributed by atoms with Gasteiger partial charge in [0.05, 0.1) is 6.04 Å². The van der Waals surface area contributed by atoms with Crippen LogP contribution >= 0.6 is 11.3 Å². The number of amides is 1. The molecule has 2 aromatic heterocycles. The van der Waals surface area contributed by atoms with Crippen LogP contribution in [0.3, 0.4) is 0 Å². The lowest BCUT2D eigenvalue weighted by Crippen LogP contribution is -2.31. The highest BCUT2D eigenvalue weighted by atomic mass is 32.1. The van der Waals surface area contributed by atoms with E-state index in [2.05, 4.69) is 27.0 Å². The van der Waals surface area contributed by atoms with Crippen molar-refractivity contribution >= 4 is 17.2 Å². The highest BCUT2D eigenvalue weighted by molar-refractivity contribution is 7.10. The molecule has 5 nitrogen and oxygen atoms in total. The van der Waals surface area contributed by atoms with Crippen LogP contribution in [0.4, 0.5) is 0 Å². The molecule has 1 atom stereocenters. The predicted octanol–water partition coefficient (Wildman–Crippen LogP) is 1.64. The molecule has 0 spiro atoms. The Kier molecular flexibility index (Phi) is 3.16. The Morgan fingerprint density at radius 2 is 2.32 bits per heavy atom. The molecule has 98 valence electrons. The van der Waals surface area contributed by atoms with Gasteiger partial charge in [-0.3, -0.25) is 9.59 Å². The lowest BCUT2D eigenvalue weighted by molar-refractivity contribution is 0.0926. The standard InChI is InChI=1S/C13H13N3O2S/c17-12-5-4-10(15-16-12)13(18)14-9-2-1-3-11-8(9)6-7-19-11/h4-7,9H,1-3H2,(H,14,18)(H,16,17). The van der Waals surface area contributed by atoms with Gasteiger partial charge < -0.3 is 5.32 Å². The maximum absolute atomic E-state index is 12.1. The van der Waals surface area contributed by atoms with Crippen molar-refractivity contribution in [1.29, 1.82) is 0 Å². The van der Waals surface area contributed by atoms with E-state index in [1.54, 1.807) is 11.3 Å². The molecule has 0 bridgehead atoms. The number of aryl methyl sites for hydroxylation is 1. The molecule has 0 fully saturated rings. The molecule has 1 unspecified atom stereocenters. The fraction of sp³-hybridized carbons (Fsp3) is 0.308. The average molecular weight is 275 g/mol. The zero-order valence-electron chi connectivity index (χ0n) is 10.2. The molecular formula is C13H13N3O2S. The van der Waals surface area contributed by atoms with Crippen molar-refractivity contribution in [2.24, 2.45) is 0 Å². The summed E-state index contributed by atoms with van der Waals surface area (Å²) in [5.74, 6) is -0.250. The first-order valence-corrected chi connectivity index (χ1v) is 7.05. The Bertz CT molecular complexity index is 641. The summed E-state index contributed by atoms with van der Waals surface area (Å²) in [7, 11) is 0. The number of aromatic amines is 1. The molecule has 1 amide bonds. The van der Waals surface area contributed by atoms with Gasteiger partial charge in [-0.2, -0.15) is 5.10 Å². The van der Waals surface area contributed by atoms with E-state index in [1.165, 1.54) is 22.6 Å². The minimum atomic E-state index is -0.311. The van der Waals surface area contributed by atoms with Gasteiger partial charge in [0.1, 0.15) is 5.69 Å². The molecule has 0 aliphatic heterocycles. The third-order valence-corrected chi connectivity index (χ3v) is 4.27. The summed E-state index contributed by atoms with van der Waals surface area (Å²) in [4.78, 5) is 24.3. The van der Waals surface area contributed by atoms with Gasteiger partial charge in [0.15, 0.2) is 0 Å². The van der Waals surface area contributed by atoms with E-state index in [9.17, 15) is 9.59 Å². The third-order valence-electron chi connectivity index (χ3n) is 3.27. The second-order valence-corrected chi connectivity index (χ2v) is 5.52. The van der Waals surface area contributed by atoms with Crippen molar-refractivity contribution in [3.63, 3.8) is 0 Å².